The first-order chi connectivity index (χ1) is 8.53. The van der Waals surface area contributed by atoms with Gasteiger partial charge in [0.15, 0.2) is 12.4 Å². The van der Waals surface area contributed by atoms with Gasteiger partial charge in [-0.15, -0.1) is 0 Å². The van der Waals surface area contributed by atoms with Gasteiger partial charge in [-0.1, -0.05) is 30.3 Å². The number of benzene rings is 1. The normalized spacial score (nSPS) is 11.1. The molecule has 98 valence electrons. The molecule has 1 rings (SSSR count). The Bertz CT molecular complexity index is 409. The Morgan fingerprint density at radius 3 is 2.22 bits per heavy atom. The summed E-state index contributed by atoms with van der Waals surface area (Å²) in [7, 11) is 0. The number of carbonyl (C=O) groups is 2. The van der Waals surface area contributed by atoms with E-state index in [0.717, 1.165) is 0 Å². The molecule has 5 heteroatoms. The van der Waals surface area contributed by atoms with Gasteiger partial charge in [-0.25, -0.2) is 0 Å². The van der Waals surface area contributed by atoms with Gasteiger partial charge < -0.3 is 14.9 Å². The minimum absolute atomic E-state index is 0.331. The molecule has 0 aromatic heterocycles. The number of Topliss-reactive ketones (excluding diaryl/α,β-unsaturated/α-hetero) is 1. The van der Waals surface area contributed by atoms with Crippen molar-refractivity contribution in [2.45, 2.75) is 6.92 Å². The zero-order valence-corrected chi connectivity index (χ0v) is 10.1. The van der Waals surface area contributed by atoms with Crippen LogP contribution < -0.4 is 0 Å². The van der Waals surface area contributed by atoms with E-state index in [9.17, 15) is 9.59 Å². The predicted molar refractivity (Wildman–Crippen MR) is 64.0 cm³/mol. The van der Waals surface area contributed by atoms with Crippen molar-refractivity contribution in [3.05, 3.63) is 35.9 Å². The molecule has 0 unspecified atom stereocenters. The highest BCUT2D eigenvalue weighted by molar-refractivity contribution is 5.98. The van der Waals surface area contributed by atoms with Gasteiger partial charge >= 0.3 is 5.97 Å². The molecule has 0 aliphatic rings. The fourth-order valence-electron chi connectivity index (χ4n) is 1.19. The molecule has 0 saturated carbocycles. The van der Waals surface area contributed by atoms with Crippen LogP contribution in [0.5, 0.6) is 0 Å². The van der Waals surface area contributed by atoms with Crippen molar-refractivity contribution in [3.8, 4) is 0 Å². The summed E-state index contributed by atoms with van der Waals surface area (Å²) in [5.74, 6) is -1.13. The molecule has 0 aliphatic heterocycles. The van der Waals surface area contributed by atoms with Crippen LogP contribution in [0.1, 0.15) is 17.3 Å². The van der Waals surface area contributed by atoms with Crippen molar-refractivity contribution < 1.29 is 24.5 Å². The number of hydrogen-bond acceptors (Lipinski definition) is 5. The third-order valence-corrected chi connectivity index (χ3v) is 2.62. The number of ketones is 1. The van der Waals surface area contributed by atoms with Crippen molar-refractivity contribution in [1.82, 2.24) is 0 Å². The third-order valence-electron chi connectivity index (χ3n) is 2.62. The van der Waals surface area contributed by atoms with Crippen LogP contribution in [0.15, 0.2) is 30.3 Å². The molecule has 0 fully saturated rings. The maximum atomic E-state index is 11.7. The highest BCUT2D eigenvalue weighted by Gasteiger charge is 2.34. The van der Waals surface area contributed by atoms with Crippen molar-refractivity contribution in [2.75, 3.05) is 19.8 Å². The van der Waals surface area contributed by atoms with Gasteiger partial charge in [0.1, 0.15) is 5.41 Å². The second kappa shape index (κ2) is 6.28. The van der Waals surface area contributed by atoms with Crippen LogP contribution in [0.3, 0.4) is 0 Å². The largest absolute Gasteiger partial charge is 0.457 e. The minimum Gasteiger partial charge on any atom is -0.457 e. The lowest BCUT2D eigenvalue weighted by Gasteiger charge is -2.21. The Kier molecular flexibility index (Phi) is 5.00. The fourth-order valence-corrected chi connectivity index (χ4v) is 1.19. The van der Waals surface area contributed by atoms with Crippen LogP contribution in [-0.2, 0) is 9.53 Å². The van der Waals surface area contributed by atoms with E-state index in [0.29, 0.717) is 5.56 Å². The van der Waals surface area contributed by atoms with E-state index in [1.165, 1.54) is 6.92 Å². The number of ether oxygens (including phenoxy) is 1. The first kappa shape index (κ1) is 14.3. The molecular weight excluding hydrogens is 236 g/mol. The number of aliphatic hydroxyl groups excluding tert-OH is 2. The number of esters is 1. The Labute approximate surface area is 105 Å². The topological polar surface area (TPSA) is 83.8 Å². The van der Waals surface area contributed by atoms with E-state index in [2.05, 4.69) is 0 Å². The molecule has 0 saturated heterocycles. The summed E-state index contributed by atoms with van der Waals surface area (Å²) in [4.78, 5) is 23.2. The van der Waals surface area contributed by atoms with Crippen molar-refractivity contribution in [2.24, 2.45) is 5.41 Å². The van der Waals surface area contributed by atoms with Gasteiger partial charge in [0.05, 0.1) is 13.2 Å². The molecule has 18 heavy (non-hydrogen) atoms. The van der Waals surface area contributed by atoms with E-state index >= 15 is 0 Å². The number of aliphatic hydroxyl groups is 2. The average Bonchev–Trinajstić information content (AvgIpc) is 2.44. The minimum atomic E-state index is -1.38. The van der Waals surface area contributed by atoms with E-state index in [1.54, 1.807) is 30.3 Å². The molecule has 0 heterocycles. The van der Waals surface area contributed by atoms with Gasteiger partial charge in [-0.2, -0.15) is 0 Å². The summed E-state index contributed by atoms with van der Waals surface area (Å²) in [5.41, 5.74) is -0.934. The van der Waals surface area contributed by atoms with Crippen molar-refractivity contribution >= 4 is 11.8 Å². The van der Waals surface area contributed by atoms with Crippen molar-refractivity contribution in [3.63, 3.8) is 0 Å². The molecular formula is C13H16O5. The van der Waals surface area contributed by atoms with Crippen LogP contribution in [0.4, 0.5) is 0 Å². The van der Waals surface area contributed by atoms with Gasteiger partial charge in [0.25, 0.3) is 0 Å². The summed E-state index contributed by atoms with van der Waals surface area (Å²) in [6.45, 7) is -0.121. The fraction of sp³-hybridized carbons (Fsp3) is 0.385. The van der Waals surface area contributed by atoms with E-state index in [-0.39, 0.29) is 5.78 Å². The zero-order valence-electron chi connectivity index (χ0n) is 10.1. The van der Waals surface area contributed by atoms with E-state index in [4.69, 9.17) is 14.9 Å². The summed E-state index contributed by atoms with van der Waals surface area (Å²) in [5, 5.41) is 18.0. The number of rotatable bonds is 6. The second-order valence-electron chi connectivity index (χ2n) is 4.24. The monoisotopic (exact) mass is 252 g/mol. The molecule has 0 atom stereocenters. The Hall–Kier alpha value is -1.72. The SMILES string of the molecule is CC(CO)(CO)C(=O)OCC(=O)c1ccccc1. The lowest BCUT2D eigenvalue weighted by molar-refractivity contribution is -0.158. The molecule has 5 nitrogen and oxygen atoms in total. The lowest BCUT2D eigenvalue weighted by Crippen LogP contribution is -2.37. The summed E-state index contributed by atoms with van der Waals surface area (Å²) in [6.07, 6.45) is 0. The Morgan fingerprint density at radius 1 is 1.17 bits per heavy atom. The predicted octanol–water partition coefficient (Wildman–Crippen LogP) is 0.403. The van der Waals surface area contributed by atoms with Crippen LogP contribution in [0.2, 0.25) is 0 Å². The van der Waals surface area contributed by atoms with Gasteiger partial charge in [-0.3, -0.25) is 9.59 Å². The first-order valence-electron chi connectivity index (χ1n) is 5.50. The Morgan fingerprint density at radius 2 is 1.72 bits per heavy atom. The second-order valence-corrected chi connectivity index (χ2v) is 4.24. The van der Waals surface area contributed by atoms with Crippen LogP contribution >= 0.6 is 0 Å². The van der Waals surface area contributed by atoms with Gasteiger partial charge in [-0.05, 0) is 6.92 Å². The molecule has 1 aromatic rings. The van der Waals surface area contributed by atoms with Crippen molar-refractivity contribution in [1.29, 1.82) is 0 Å². The average molecular weight is 252 g/mol. The van der Waals surface area contributed by atoms with Crippen LogP contribution in [0.25, 0.3) is 0 Å². The molecule has 0 spiro atoms. The standard InChI is InChI=1S/C13H16O5/c1-13(8-14,9-15)12(17)18-7-11(16)10-5-3-2-4-6-10/h2-6,14-15H,7-9H2,1H3. The Balaban J connectivity index is 2.56. The highest BCUT2D eigenvalue weighted by atomic mass is 16.5. The smallest absolute Gasteiger partial charge is 0.316 e. The van der Waals surface area contributed by atoms with Crippen LogP contribution in [0, 0.1) is 5.41 Å². The number of hydrogen-bond donors (Lipinski definition) is 2. The summed E-state index contributed by atoms with van der Waals surface area (Å²) < 4.78 is 4.80. The van der Waals surface area contributed by atoms with E-state index < -0.39 is 31.2 Å². The van der Waals surface area contributed by atoms with Gasteiger partial charge in [0, 0.05) is 5.56 Å². The van der Waals surface area contributed by atoms with Gasteiger partial charge in [0.2, 0.25) is 0 Å². The van der Waals surface area contributed by atoms with E-state index in [1.807, 2.05) is 0 Å². The first-order valence-corrected chi connectivity index (χ1v) is 5.50. The lowest BCUT2D eigenvalue weighted by atomic mass is 9.93. The maximum Gasteiger partial charge on any atom is 0.316 e. The third kappa shape index (κ3) is 3.38. The summed E-state index contributed by atoms with van der Waals surface area (Å²) in [6, 6.07) is 8.43. The molecule has 2 N–H and O–H groups in total. The molecule has 1 aromatic carbocycles. The molecule has 0 amide bonds. The molecule has 0 radical (unpaired) electrons. The molecule has 0 bridgehead atoms. The molecule has 0 aliphatic carbocycles. The highest BCUT2D eigenvalue weighted by Crippen LogP contribution is 2.16. The number of carbonyl (C=O) groups excluding carboxylic acids is 2. The maximum absolute atomic E-state index is 11.7. The van der Waals surface area contributed by atoms with Crippen LogP contribution in [-0.4, -0.2) is 41.8 Å². The quantitative estimate of drug-likeness (QED) is 0.565. The summed E-state index contributed by atoms with van der Waals surface area (Å²) >= 11 is 0. The zero-order chi connectivity index (χ0) is 13.6.